The van der Waals surface area contributed by atoms with Gasteiger partial charge in [-0.05, 0) is 30.2 Å². The van der Waals surface area contributed by atoms with Crippen molar-refractivity contribution in [3.05, 3.63) is 53.6 Å². The molecule has 0 aliphatic carbocycles. The molecule has 2 aromatic rings. The summed E-state index contributed by atoms with van der Waals surface area (Å²) in [5, 5.41) is 25.7. The molecule has 5 rings (SSSR count). The first-order valence-corrected chi connectivity index (χ1v) is 10.4. The Morgan fingerprint density at radius 2 is 1.84 bits per heavy atom. The standard InChI is InChI=1S/C23H23N3O6/c1-32-9-8-26-20(29)18-15(10-12-6-7-16(27)17(28)11-12)25-23(19(18)21(26)30)13-4-2-3-5-14(13)24-22(23)31/h2-7,11,15,18-19,25,27-28H,8-10H2,1H3,(H,24,31)/t15-,18+,19-,23+/m0/s1. The minimum Gasteiger partial charge on any atom is -0.504 e. The van der Waals surface area contributed by atoms with E-state index < -0.39 is 29.3 Å². The number of carbonyl (C=O) groups is 3. The third kappa shape index (κ3) is 2.74. The molecule has 0 bridgehead atoms. The van der Waals surface area contributed by atoms with Gasteiger partial charge in [-0.3, -0.25) is 24.6 Å². The Balaban J connectivity index is 1.59. The number of likely N-dealkylation sites (tertiary alicyclic amines) is 1. The molecule has 3 aliphatic heterocycles. The lowest BCUT2D eigenvalue weighted by Gasteiger charge is -2.29. The van der Waals surface area contributed by atoms with Crippen LogP contribution in [0.4, 0.5) is 5.69 Å². The van der Waals surface area contributed by atoms with Crippen LogP contribution < -0.4 is 10.6 Å². The zero-order chi connectivity index (χ0) is 22.6. The highest BCUT2D eigenvalue weighted by molar-refractivity contribution is 6.15. The van der Waals surface area contributed by atoms with Crippen LogP contribution >= 0.6 is 0 Å². The summed E-state index contributed by atoms with van der Waals surface area (Å²) >= 11 is 0. The lowest BCUT2D eigenvalue weighted by atomic mass is 9.76. The highest BCUT2D eigenvalue weighted by Gasteiger charge is 2.70. The molecule has 4 N–H and O–H groups in total. The van der Waals surface area contributed by atoms with Gasteiger partial charge < -0.3 is 20.3 Å². The van der Waals surface area contributed by atoms with Crippen molar-refractivity contribution in [1.29, 1.82) is 0 Å². The van der Waals surface area contributed by atoms with Crippen molar-refractivity contribution in [3.8, 4) is 11.5 Å². The van der Waals surface area contributed by atoms with Crippen LogP contribution in [-0.4, -0.2) is 59.1 Å². The van der Waals surface area contributed by atoms with Gasteiger partial charge in [0.1, 0.15) is 5.54 Å². The SMILES string of the molecule is COCCN1C(=O)[C@@H]2[C@H](Cc3ccc(O)c(O)c3)N[C@@]3(C(=O)Nc4ccccc43)[C@@H]2C1=O. The van der Waals surface area contributed by atoms with Gasteiger partial charge in [0.15, 0.2) is 11.5 Å². The maximum absolute atomic E-state index is 13.5. The summed E-state index contributed by atoms with van der Waals surface area (Å²) in [6, 6.07) is 11.1. The molecule has 2 fully saturated rings. The number of anilines is 1. The number of nitrogens with one attached hydrogen (secondary N) is 2. The van der Waals surface area contributed by atoms with Gasteiger partial charge in [-0.2, -0.15) is 0 Å². The molecule has 9 nitrogen and oxygen atoms in total. The number of phenolic OH excluding ortho intramolecular Hbond substituents is 2. The highest BCUT2D eigenvalue weighted by Crippen LogP contribution is 2.53. The van der Waals surface area contributed by atoms with Gasteiger partial charge in [0.2, 0.25) is 17.7 Å². The van der Waals surface area contributed by atoms with Crippen LogP contribution in [0.25, 0.3) is 0 Å². The van der Waals surface area contributed by atoms with Crippen LogP contribution in [-0.2, 0) is 31.1 Å². The molecule has 0 aromatic heterocycles. The molecule has 4 atom stereocenters. The number of phenols is 2. The van der Waals surface area contributed by atoms with Crippen molar-refractivity contribution < 1.29 is 29.3 Å². The van der Waals surface area contributed by atoms with E-state index in [0.717, 1.165) is 0 Å². The number of nitrogens with zero attached hydrogens (tertiary/aromatic N) is 1. The van der Waals surface area contributed by atoms with Crippen LogP contribution in [0, 0.1) is 11.8 Å². The number of hydrogen-bond donors (Lipinski definition) is 4. The van der Waals surface area contributed by atoms with Crippen molar-refractivity contribution in [2.75, 3.05) is 25.6 Å². The second-order valence-electron chi connectivity index (χ2n) is 8.41. The number of amides is 3. The van der Waals surface area contributed by atoms with Crippen molar-refractivity contribution in [2.45, 2.75) is 18.0 Å². The Morgan fingerprint density at radius 3 is 2.59 bits per heavy atom. The molecule has 3 amide bonds. The number of methoxy groups -OCH3 is 1. The quantitative estimate of drug-likeness (QED) is 0.401. The molecule has 2 aromatic carbocycles. The van der Waals surface area contributed by atoms with E-state index in [9.17, 15) is 24.6 Å². The van der Waals surface area contributed by atoms with Crippen LogP contribution in [0.15, 0.2) is 42.5 Å². The molecule has 0 unspecified atom stereocenters. The maximum Gasteiger partial charge on any atom is 0.250 e. The number of ether oxygens (including phenoxy) is 1. The van der Waals surface area contributed by atoms with E-state index in [1.54, 1.807) is 30.3 Å². The topological polar surface area (TPSA) is 128 Å². The third-order valence-corrected chi connectivity index (χ3v) is 6.73. The molecule has 2 saturated heterocycles. The predicted octanol–water partition coefficient (Wildman–Crippen LogP) is 0.707. The van der Waals surface area contributed by atoms with E-state index in [0.29, 0.717) is 16.8 Å². The summed E-state index contributed by atoms with van der Waals surface area (Å²) in [5.74, 6) is -3.27. The molecule has 32 heavy (non-hydrogen) atoms. The summed E-state index contributed by atoms with van der Waals surface area (Å²) in [7, 11) is 1.50. The van der Waals surface area contributed by atoms with Crippen LogP contribution in [0.3, 0.4) is 0 Å². The maximum atomic E-state index is 13.5. The van der Waals surface area contributed by atoms with Crippen LogP contribution in [0.1, 0.15) is 11.1 Å². The number of fused-ring (bicyclic) bond motifs is 4. The Morgan fingerprint density at radius 1 is 1.06 bits per heavy atom. The van der Waals surface area contributed by atoms with Crippen molar-refractivity contribution in [3.63, 3.8) is 0 Å². The lowest BCUT2D eigenvalue weighted by molar-refractivity contribution is -0.143. The third-order valence-electron chi connectivity index (χ3n) is 6.73. The fraction of sp³-hybridized carbons (Fsp3) is 0.348. The lowest BCUT2D eigenvalue weighted by Crippen LogP contribution is -2.53. The highest BCUT2D eigenvalue weighted by atomic mass is 16.5. The number of aromatic hydroxyl groups is 2. The van der Waals surface area contributed by atoms with Crippen molar-refractivity contribution >= 4 is 23.4 Å². The normalized spacial score (nSPS) is 28.3. The van der Waals surface area contributed by atoms with Gasteiger partial charge >= 0.3 is 0 Å². The Bertz CT molecular complexity index is 1130. The van der Waals surface area contributed by atoms with Gasteiger partial charge in [-0.25, -0.2) is 0 Å². The fourth-order valence-corrected chi connectivity index (χ4v) is 5.35. The van der Waals surface area contributed by atoms with E-state index in [-0.39, 0.29) is 42.9 Å². The summed E-state index contributed by atoms with van der Waals surface area (Å²) < 4.78 is 5.07. The summed E-state index contributed by atoms with van der Waals surface area (Å²) in [6.45, 7) is 0.323. The molecular weight excluding hydrogens is 414 g/mol. The van der Waals surface area contributed by atoms with Crippen molar-refractivity contribution in [1.82, 2.24) is 10.2 Å². The molecule has 3 aliphatic rings. The molecule has 0 saturated carbocycles. The van der Waals surface area contributed by atoms with E-state index in [4.69, 9.17) is 4.74 Å². The minimum atomic E-state index is -1.36. The Kier molecular flexibility index (Phi) is 4.68. The predicted molar refractivity (Wildman–Crippen MR) is 113 cm³/mol. The summed E-state index contributed by atoms with van der Waals surface area (Å²) in [5.41, 5.74) is 0.559. The number of imide groups is 1. The largest absolute Gasteiger partial charge is 0.504 e. The minimum absolute atomic E-state index is 0.118. The first-order chi connectivity index (χ1) is 15.4. The summed E-state index contributed by atoms with van der Waals surface area (Å²) in [4.78, 5) is 41.4. The second kappa shape index (κ2) is 7.32. The summed E-state index contributed by atoms with van der Waals surface area (Å²) in [6.07, 6.45) is 0.281. The van der Waals surface area contributed by atoms with Gasteiger partial charge in [-0.1, -0.05) is 24.3 Å². The van der Waals surface area contributed by atoms with E-state index in [1.165, 1.54) is 24.1 Å². The Labute approximate surface area is 184 Å². The number of para-hydroxylation sites is 1. The van der Waals surface area contributed by atoms with Crippen LogP contribution in [0.2, 0.25) is 0 Å². The second-order valence-corrected chi connectivity index (χ2v) is 8.41. The van der Waals surface area contributed by atoms with Gasteiger partial charge in [-0.15, -0.1) is 0 Å². The zero-order valence-corrected chi connectivity index (χ0v) is 17.4. The molecule has 0 radical (unpaired) electrons. The molecule has 9 heteroatoms. The average molecular weight is 437 g/mol. The molecular formula is C23H23N3O6. The first kappa shape index (κ1) is 20.5. The smallest absolute Gasteiger partial charge is 0.250 e. The Hall–Kier alpha value is -3.43. The number of rotatable bonds is 5. The van der Waals surface area contributed by atoms with E-state index in [2.05, 4.69) is 10.6 Å². The van der Waals surface area contributed by atoms with Crippen LogP contribution in [0.5, 0.6) is 11.5 Å². The average Bonchev–Trinajstić information content (AvgIpc) is 3.34. The fourth-order valence-electron chi connectivity index (χ4n) is 5.35. The number of carbonyl (C=O) groups excluding carboxylic acids is 3. The van der Waals surface area contributed by atoms with E-state index in [1.807, 2.05) is 0 Å². The zero-order valence-electron chi connectivity index (χ0n) is 17.4. The van der Waals surface area contributed by atoms with Gasteiger partial charge in [0.25, 0.3) is 0 Å². The number of hydrogen-bond acceptors (Lipinski definition) is 7. The van der Waals surface area contributed by atoms with Gasteiger partial charge in [0.05, 0.1) is 25.0 Å². The van der Waals surface area contributed by atoms with Gasteiger partial charge in [0, 0.05) is 24.4 Å². The molecule has 1 spiro atoms. The molecule has 3 heterocycles. The number of benzene rings is 2. The van der Waals surface area contributed by atoms with E-state index >= 15 is 0 Å². The molecule has 166 valence electrons. The first-order valence-electron chi connectivity index (χ1n) is 10.4. The monoisotopic (exact) mass is 437 g/mol. The van der Waals surface area contributed by atoms with Crippen molar-refractivity contribution in [2.24, 2.45) is 11.8 Å².